The third-order valence-electron chi connectivity index (χ3n) is 2.72. The zero-order valence-electron chi connectivity index (χ0n) is 10.5. The monoisotopic (exact) mass is 263 g/mol. The summed E-state index contributed by atoms with van der Waals surface area (Å²) in [7, 11) is 0. The van der Waals surface area contributed by atoms with Gasteiger partial charge in [-0.1, -0.05) is 18.2 Å². The van der Waals surface area contributed by atoms with Crippen LogP contribution in [0.25, 0.3) is 0 Å². The fourth-order valence-electron chi connectivity index (χ4n) is 1.75. The van der Waals surface area contributed by atoms with E-state index in [2.05, 4.69) is 16.0 Å². The van der Waals surface area contributed by atoms with E-state index in [1.807, 2.05) is 18.2 Å². The number of ether oxygens (including phenoxy) is 1. The Morgan fingerprint density at radius 2 is 2.11 bits per heavy atom. The van der Waals surface area contributed by atoms with Crippen molar-refractivity contribution in [3.63, 3.8) is 0 Å². The van der Waals surface area contributed by atoms with Gasteiger partial charge in [0, 0.05) is 12.2 Å². The maximum atomic E-state index is 11.7. The molecule has 0 radical (unpaired) electrons. The van der Waals surface area contributed by atoms with E-state index >= 15 is 0 Å². The normalized spacial score (nSPS) is 18.6. The van der Waals surface area contributed by atoms with Crippen LogP contribution in [-0.2, 0) is 14.3 Å². The van der Waals surface area contributed by atoms with Crippen molar-refractivity contribution in [2.45, 2.75) is 6.04 Å². The molecule has 1 atom stereocenters. The molecule has 3 N–H and O–H groups in total. The molecule has 1 heterocycles. The van der Waals surface area contributed by atoms with Crippen molar-refractivity contribution in [3.8, 4) is 0 Å². The SMILES string of the molecule is O=C(CNC(=O)C1COCCN1)Nc1ccccc1. The standard InChI is InChI=1S/C13H17N3O3/c17-12(16-10-4-2-1-3-5-10)8-15-13(18)11-9-19-7-6-14-11/h1-5,11,14H,6-9H2,(H,15,18)(H,16,17). The zero-order valence-corrected chi connectivity index (χ0v) is 10.5. The maximum Gasteiger partial charge on any atom is 0.243 e. The van der Waals surface area contributed by atoms with Gasteiger partial charge in [0.05, 0.1) is 19.8 Å². The van der Waals surface area contributed by atoms with E-state index in [-0.39, 0.29) is 24.4 Å². The highest BCUT2D eigenvalue weighted by Gasteiger charge is 2.21. The highest BCUT2D eigenvalue weighted by Crippen LogP contribution is 2.04. The Balaban J connectivity index is 1.72. The van der Waals surface area contributed by atoms with Gasteiger partial charge in [0.1, 0.15) is 6.04 Å². The minimum absolute atomic E-state index is 0.0497. The Morgan fingerprint density at radius 3 is 2.79 bits per heavy atom. The number of rotatable bonds is 4. The van der Waals surface area contributed by atoms with Gasteiger partial charge < -0.3 is 20.7 Å². The first-order valence-electron chi connectivity index (χ1n) is 6.19. The summed E-state index contributed by atoms with van der Waals surface area (Å²) >= 11 is 0. The van der Waals surface area contributed by atoms with E-state index in [9.17, 15) is 9.59 Å². The summed E-state index contributed by atoms with van der Waals surface area (Å²) in [6.07, 6.45) is 0. The first kappa shape index (κ1) is 13.5. The molecule has 1 saturated heterocycles. The van der Waals surface area contributed by atoms with Crippen molar-refractivity contribution < 1.29 is 14.3 Å². The second kappa shape index (κ2) is 6.86. The van der Waals surface area contributed by atoms with Crippen molar-refractivity contribution in [1.82, 2.24) is 10.6 Å². The lowest BCUT2D eigenvalue weighted by molar-refractivity contribution is -0.128. The van der Waals surface area contributed by atoms with Crippen molar-refractivity contribution in [1.29, 1.82) is 0 Å². The van der Waals surface area contributed by atoms with Crippen LogP contribution < -0.4 is 16.0 Å². The summed E-state index contributed by atoms with van der Waals surface area (Å²) in [5.74, 6) is -0.473. The van der Waals surface area contributed by atoms with E-state index in [1.165, 1.54) is 0 Å². The molecule has 2 amide bonds. The zero-order chi connectivity index (χ0) is 13.5. The minimum atomic E-state index is -0.377. The van der Waals surface area contributed by atoms with Gasteiger partial charge in [0.25, 0.3) is 0 Å². The van der Waals surface area contributed by atoms with E-state index in [4.69, 9.17) is 4.74 Å². The quantitative estimate of drug-likeness (QED) is 0.698. The molecule has 1 aromatic carbocycles. The fourth-order valence-corrected chi connectivity index (χ4v) is 1.75. The molecule has 0 spiro atoms. The van der Waals surface area contributed by atoms with Gasteiger partial charge in [-0.05, 0) is 12.1 Å². The van der Waals surface area contributed by atoms with E-state index in [0.29, 0.717) is 25.4 Å². The van der Waals surface area contributed by atoms with Gasteiger partial charge >= 0.3 is 0 Å². The Hall–Kier alpha value is -1.92. The molecule has 1 aliphatic heterocycles. The number of anilines is 1. The summed E-state index contributed by atoms with van der Waals surface area (Å²) in [5, 5.41) is 8.30. The maximum absolute atomic E-state index is 11.7. The van der Waals surface area contributed by atoms with Gasteiger partial charge in [-0.3, -0.25) is 9.59 Å². The van der Waals surface area contributed by atoms with Gasteiger partial charge in [0.15, 0.2) is 0 Å². The molecule has 0 aliphatic carbocycles. The molecule has 0 aromatic heterocycles. The number of benzene rings is 1. The molecule has 19 heavy (non-hydrogen) atoms. The van der Waals surface area contributed by atoms with E-state index in [1.54, 1.807) is 12.1 Å². The summed E-state index contributed by atoms with van der Waals surface area (Å²) < 4.78 is 5.18. The summed E-state index contributed by atoms with van der Waals surface area (Å²) in [4.78, 5) is 23.3. The van der Waals surface area contributed by atoms with E-state index < -0.39 is 0 Å². The third-order valence-corrected chi connectivity index (χ3v) is 2.72. The first-order valence-corrected chi connectivity index (χ1v) is 6.19. The lowest BCUT2D eigenvalue weighted by Gasteiger charge is -2.22. The predicted molar refractivity (Wildman–Crippen MR) is 70.7 cm³/mol. The second-order valence-corrected chi connectivity index (χ2v) is 4.21. The average Bonchev–Trinajstić information content (AvgIpc) is 2.47. The average molecular weight is 263 g/mol. The lowest BCUT2D eigenvalue weighted by atomic mass is 10.2. The third kappa shape index (κ3) is 4.35. The Morgan fingerprint density at radius 1 is 1.32 bits per heavy atom. The molecule has 6 heteroatoms. The van der Waals surface area contributed by atoms with Gasteiger partial charge in [-0.15, -0.1) is 0 Å². The Labute approximate surface area is 111 Å². The topological polar surface area (TPSA) is 79.5 Å². The molecule has 1 aromatic rings. The highest BCUT2D eigenvalue weighted by atomic mass is 16.5. The van der Waals surface area contributed by atoms with Crippen LogP contribution in [0.15, 0.2) is 30.3 Å². The van der Waals surface area contributed by atoms with Crippen LogP contribution in [0.4, 0.5) is 5.69 Å². The molecule has 1 aliphatic rings. The van der Waals surface area contributed by atoms with Crippen LogP contribution in [0.1, 0.15) is 0 Å². The van der Waals surface area contributed by atoms with Crippen LogP contribution in [0.2, 0.25) is 0 Å². The molecule has 6 nitrogen and oxygen atoms in total. The summed E-state index contributed by atoms with van der Waals surface area (Å²) in [6, 6.07) is 8.73. The van der Waals surface area contributed by atoms with Crippen LogP contribution in [0.5, 0.6) is 0 Å². The molecule has 102 valence electrons. The first-order chi connectivity index (χ1) is 9.25. The van der Waals surface area contributed by atoms with Gasteiger partial charge in [-0.2, -0.15) is 0 Å². The molecule has 1 fully saturated rings. The van der Waals surface area contributed by atoms with Crippen LogP contribution in [0.3, 0.4) is 0 Å². The predicted octanol–water partition coefficient (Wildman–Crippen LogP) is -0.270. The number of morpholine rings is 1. The number of para-hydroxylation sites is 1. The van der Waals surface area contributed by atoms with Crippen LogP contribution in [0, 0.1) is 0 Å². The smallest absolute Gasteiger partial charge is 0.243 e. The molecular formula is C13H17N3O3. The summed E-state index contributed by atoms with van der Waals surface area (Å²) in [6.45, 7) is 1.55. The van der Waals surface area contributed by atoms with Crippen molar-refractivity contribution in [2.75, 3.05) is 31.6 Å². The van der Waals surface area contributed by atoms with Crippen molar-refractivity contribution >= 4 is 17.5 Å². The van der Waals surface area contributed by atoms with E-state index in [0.717, 1.165) is 0 Å². The number of amides is 2. The Kier molecular flexibility index (Phi) is 4.88. The molecular weight excluding hydrogens is 246 g/mol. The van der Waals surface area contributed by atoms with Crippen LogP contribution >= 0.6 is 0 Å². The molecule has 0 bridgehead atoms. The van der Waals surface area contributed by atoms with Gasteiger partial charge in [-0.25, -0.2) is 0 Å². The van der Waals surface area contributed by atoms with Crippen molar-refractivity contribution in [3.05, 3.63) is 30.3 Å². The number of carbonyl (C=O) groups is 2. The van der Waals surface area contributed by atoms with Crippen molar-refractivity contribution in [2.24, 2.45) is 0 Å². The number of hydrogen-bond acceptors (Lipinski definition) is 4. The van der Waals surface area contributed by atoms with Crippen LogP contribution in [-0.4, -0.2) is 44.2 Å². The lowest BCUT2D eigenvalue weighted by Crippen LogP contribution is -2.52. The molecule has 1 unspecified atom stereocenters. The Bertz CT molecular complexity index is 430. The minimum Gasteiger partial charge on any atom is -0.378 e. The highest BCUT2D eigenvalue weighted by molar-refractivity contribution is 5.95. The molecule has 0 saturated carbocycles. The fraction of sp³-hybridized carbons (Fsp3) is 0.385. The number of nitrogens with one attached hydrogen (secondary N) is 3. The second-order valence-electron chi connectivity index (χ2n) is 4.21. The summed E-state index contributed by atoms with van der Waals surface area (Å²) in [5.41, 5.74) is 0.709. The largest absolute Gasteiger partial charge is 0.378 e. The number of carbonyl (C=O) groups excluding carboxylic acids is 2. The molecule has 2 rings (SSSR count). The number of hydrogen-bond donors (Lipinski definition) is 3. The van der Waals surface area contributed by atoms with Gasteiger partial charge in [0.2, 0.25) is 11.8 Å².